The van der Waals surface area contributed by atoms with Crippen LogP contribution in [0.25, 0.3) is 0 Å². The first-order chi connectivity index (χ1) is 14.9. The van der Waals surface area contributed by atoms with Crippen LogP contribution < -0.4 is 10.1 Å². The van der Waals surface area contributed by atoms with Crippen molar-refractivity contribution in [2.75, 3.05) is 19.0 Å². The topological polar surface area (TPSA) is 84.4 Å². The van der Waals surface area contributed by atoms with Crippen molar-refractivity contribution in [1.29, 1.82) is 0 Å². The fourth-order valence-electron chi connectivity index (χ4n) is 3.75. The van der Waals surface area contributed by atoms with Crippen LogP contribution in [0.1, 0.15) is 30.3 Å². The number of pyridine rings is 2. The highest BCUT2D eigenvalue weighted by molar-refractivity contribution is 7.89. The van der Waals surface area contributed by atoms with Crippen molar-refractivity contribution in [2.45, 2.75) is 30.7 Å². The number of methoxy groups -OCH3 is 1. The summed E-state index contributed by atoms with van der Waals surface area (Å²) in [7, 11) is -2.62. The zero-order valence-electron chi connectivity index (χ0n) is 17.2. The minimum Gasteiger partial charge on any atom is -0.495 e. The van der Waals surface area contributed by atoms with Gasteiger partial charge in [0.25, 0.3) is 0 Å². The fourth-order valence-corrected chi connectivity index (χ4v) is 5.59. The quantitative estimate of drug-likeness (QED) is 0.616. The van der Waals surface area contributed by atoms with E-state index in [4.69, 9.17) is 4.74 Å². The monoisotopic (exact) mass is 442 g/mol. The number of anilines is 2. The molecular formula is C22H23FN4O3S. The van der Waals surface area contributed by atoms with E-state index in [1.54, 1.807) is 12.1 Å². The second kappa shape index (κ2) is 8.60. The Balaban J connectivity index is 1.65. The summed E-state index contributed by atoms with van der Waals surface area (Å²) in [5.41, 5.74) is 1.49. The lowest BCUT2D eigenvalue weighted by molar-refractivity contribution is 0.376. The highest BCUT2D eigenvalue weighted by Gasteiger charge is 2.38. The molecule has 0 radical (unpaired) electrons. The number of rotatable bonds is 6. The van der Waals surface area contributed by atoms with Crippen LogP contribution >= 0.6 is 0 Å². The number of aromatic nitrogens is 2. The normalized spacial score (nSPS) is 16.9. The van der Waals surface area contributed by atoms with Crippen molar-refractivity contribution < 1.29 is 17.5 Å². The van der Waals surface area contributed by atoms with E-state index in [9.17, 15) is 12.8 Å². The molecule has 0 saturated carbocycles. The summed E-state index contributed by atoms with van der Waals surface area (Å²) in [4.78, 5) is 8.86. The second-order valence-corrected chi connectivity index (χ2v) is 9.16. The van der Waals surface area contributed by atoms with Crippen molar-refractivity contribution in [1.82, 2.24) is 14.3 Å². The van der Waals surface area contributed by atoms with E-state index in [2.05, 4.69) is 15.3 Å². The number of aryl methyl sites for hydroxylation is 1. The van der Waals surface area contributed by atoms with Crippen molar-refractivity contribution >= 4 is 21.7 Å². The summed E-state index contributed by atoms with van der Waals surface area (Å²) >= 11 is 0. The average Bonchev–Trinajstić information content (AvgIpc) is 3.25. The maximum atomic E-state index is 13.8. The highest BCUT2D eigenvalue weighted by atomic mass is 32.2. The van der Waals surface area contributed by atoms with Gasteiger partial charge in [-0.15, -0.1) is 0 Å². The summed E-state index contributed by atoms with van der Waals surface area (Å²) in [5, 5.41) is 3.16. The highest BCUT2D eigenvalue weighted by Crippen LogP contribution is 2.38. The van der Waals surface area contributed by atoms with Gasteiger partial charge in [0, 0.05) is 12.2 Å². The SMILES string of the molecule is COc1ccc(F)cc1S(=O)(=O)N1CCC[C@@H]1c1cccc(Nc2cccc(C)n2)n1. The molecule has 1 aliphatic rings. The second-order valence-electron chi connectivity index (χ2n) is 7.31. The first kappa shape index (κ1) is 21.2. The molecule has 0 amide bonds. The predicted molar refractivity (Wildman–Crippen MR) is 115 cm³/mol. The number of hydrogen-bond acceptors (Lipinski definition) is 6. The smallest absolute Gasteiger partial charge is 0.247 e. The third kappa shape index (κ3) is 4.38. The summed E-state index contributed by atoms with van der Waals surface area (Å²) in [6.45, 7) is 2.22. The number of nitrogens with one attached hydrogen (secondary N) is 1. The summed E-state index contributed by atoms with van der Waals surface area (Å²) in [6, 6.07) is 14.1. The maximum absolute atomic E-state index is 13.8. The Hall–Kier alpha value is -3.04. The molecule has 9 heteroatoms. The van der Waals surface area contributed by atoms with Gasteiger partial charge in [-0.05, 0) is 62.2 Å². The molecule has 1 fully saturated rings. The van der Waals surface area contributed by atoms with Gasteiger partial charge in [0.1, 0.15) is 28.1 Å². The number of ether oxygens (including phenoxy) is 1. The molecule has 162 valence electrons. The molecule has 3 aromatic rings. The van der Waals surface area contributed by atoms with Gasteiger partial charge in [0.2, 0.25) is 10.0 Å². The lowest BCUT2D eigenvalue weighted by Gasteiger charge is -2.25. The van der Waals surface area contributed by atoms with Crippen molar-refractivity contribution in [3.05, 3.63) is 71.8 Å². The summed E-state index contributed by atoms with van der Waals surface area (Å²) in [6.07, 6.45) is 1.30. The molecule has 0 unspecified atom stereocenters. The summed E-state index contributed by atoms with van der Waals surface area (Å²) < 4.78 is 47.2. The molecule has 1 N–H and O–H groups in total. The van der Waals surface area contributed by atoms with Gasteiger partial charge in [-0.3, -0.25) is 0 Å². The van der Waals surface area contributed by atoms with Gasteiger partial charge >= 0.3 is 0 Å². The van der Waals surface area contributed by atoms with Crippen molar-refractivity contribution in [3.8, 4) is 5.75 Å². The van der Waals surface area contributed by atoms with Crippen LogP contribution in [-0.2, 0) is 10.0 Å². The molecule has 3 heterocycles. The zero-order valence-corrected chi connectivity index (χ0v) is 18.1. The number of sulfonamides is 1. The van der Waals surface area contributed by atoms with E-state index in [0.717, 1.165) is 11.8 Å². The van der Waals surface area contributed by atoms with Gasteiger partial charge in [0.15, 0.2) is 0 Å². The van der Waals surface area contributed by atoms with Crippen LogP contribution in [0.15, 0.2) is 59.5 Å². The van der Waals surface area contributed by atoms with E-state index in [1.165, 1.54) is 23.5 Å². The largest absolute Gasteiger partial charge is 0.495 e. The Bertz CT molecular complexity index is 1200. The number of halogens is 1. The minimum atomic E-state index is -3.98. The molecule has 31 heavy (non-hydrogen) atoms. The molecule has 1 saturated heterocycles. The Kier molecular flexibility index (Phi) is 5.88. The number of benzene rings is 1. The Morgan fingerprint density at radius 3 is 2.58 bits per heavy atom. The molecule has 0 bridgehead atoms. The Labute approximate surface area is 181 Å². The number of nitrogens with zero attached hydrogens (tertiary/aromatic N) is 3. The Morgan fingerprint density at radius 1 is 1.10 bits per heavy atom. The molecule has 0 aliphatic carbocycles. The molecule has 4 rings (SSSR count). The minimum absolute atomic E-state index is 0.112. The van der Waals surface area contributed by atoms with Gasteiger partial charge in [0.05, 0.1) is 18.8 Å². The number of hydrogen-bond donors (Lipinski definition) is 1. The van der Waals surface area contributed by atoms with Crippen LogP contribution in [0.3, 0.4) is 0 Å². The van der Waals surface area contributed by atoms with Gasteiger partial charge < -0.3 is 10.1 Å². The predicted octanol–water partition coefficient (Wildman–Crippen LogP) is 4.20. The van der Waals surface area contributed by atoms with Gasteiger partial charge in [-0.25, -0.2) is 22.8 Å². The van der Waals surface area contributed by atoms with E-state index < -0.39 is 21.9 Å². The third-order valence-corrected chi connectivity index (χ3v) is 7.10. The first-order valence-corrected chi connectivity index (χ1v) is 11.4. The van der Waals surface area contributed by atoms with Crippen LogP contribution in [-0.4, -0.2) is 36.3 Å². The first-order valence-electron chi connectivity index (χ1n) is 9.91. The van der Waals surface area contributed by atoms with Crippen LogP contribution in [0.5, 0.6) is 5.75 Å². The molecule has 1 aromatic carbocycles. The van der Waals surface area contributed by atoms with Crippen LogP contribution in [0.2, 0.25) is 0 Å². The molecule has 0 spiro atoms. The summed E-state index contributed by atoms with van der Waals surface area (Å²) in [5.74, 6) is 0.708. The average molecular weight is 443 g/mol. The van der Waals surface area contributed by atoms with Gasteiger partial charge in [-0.2, -0.15) is 4.31 Å². The van der Waals surface area contributed by atoms with E-state index in [-0.39, 0.29) is 10.6 Å². The van der Waals surface area contributed by atoms with Crippen LogP contribution in [0.4, 0.5) is 16.0 Å². The molecule has 7 nitrogen and oxygen atoms in total. The third-order valence-electron chi connectivity index (χ3n) is 5.17. The van der Waals surface area contributed by atoms with Crippen molar-refractivity contribution in [2.24, 2.45) is 0 Å². The lowest BCUT2D eigenvalue weighted by atomic mass is 10.1. The molecule has 1 aliphatic heterocycles. The zero-order chi connectivity index (χ0) is 22.0. The lowest BCUT2D eigenvalue weighted by Crippen LogP contribution is -2.31. The standard InChI is InChI=1S/C22H23FN4O3S/c1-15-6-3-9-21(24-15)26-22-10-4-7-17(25-22)18-8-5-13-27(18)31(28,29)20-14-16(23)11-12-19(20)30-2/h3-4,6-7,9-12,14,18H,5,8,13H2,1-2H3,(H,24,25,26)/t18-/m1/s1. The van der Waals surface area contributed by atoms with E-state index in [1.807, 2.05) is 31.2 Å². The molecule has 2 aromatic heterocycles. The van der Waals surface area contributed by atoms with Gasteiger partial charge in [-0.1, -0.05) is 12.1 Å². The van der Waals surface area contributed by atoms with E-state index in [0.29, 0.717) is 36.7 Å². The van der Waals surface area contributed by atoms with Crippen molar-refractivity contribution in [3.63, 3.8) is 0 Å². The molecule has 1 atom stereocenters. The molecular weight excluding hydrogens is 419 g/mol. The fraction of sp³-hybridized carbons (Fsp3) is 0.273. The maximum Gasteiger partial charge on any atom is 0.247 e. The van der Waals surface area contributed by atoms with E-state index >= 15 is 0 Å². The van der Waals surface area contributed by atoms with Crippen LogP contribution in [0, 0.1) is 12.7 Å². The Morgan fingerprint density at radius 2 is 1.84 bits per heavy atom.